The minimum absolute atomic E-state index is 0.0948. The average molecular weight is 442 g/mol. The molecule has 1 aliphatic rings. The maximum absolute atomic E-state index is 12.8. The summed E-state index contributed by atoms with van der Waals surface area (Å²) in [4.78, 5) is 15.1. The number of piperidine rings is 1. The summed E-state index contributed by atoms with van der Waals surface area (Å²) in [6.45, 7) is 2.24. The smallest absolute Gasteiger partial charge is 0.323 e. The zero-order valence-electron chi connectivity index (χ0n) is 19.5. The van der Waals surface area contributed by atoms with Crippen LogP contribution in [-0.4, -0.2) is 57.9 Å². The summed E-state index contributed by atoms with van der Waals surface area (Å²) in [7, 11) is 4.81. The Kier molecular flexibility index (Phi) is 9.23. The van der Waals surface area contributed by atoms with E-state index in [9.17, 15) is 4.79 Å². The second kappa shape index (κ2) is 12.3. The molecule has 0 aliphatic carbocycles. The Morgan fingerprint density at radius 1 is 0.938 bits per heavy atom. The Labute approximate surface area is 191 Å². The Morgan fingerprint density at radius 3 is 2.31 bits per heavy atom. The molecule has 1 atom stereocenters. The molecule has 0 bridgehead atoms. The van der Waals surface area contributed by atoms with Crippen LogP contribution < -0.4 is 14.2 Å². The van der Waals surface area contributed by atoms with Crippen LogP contribution in [0.5, 0.6) is 17.2 Å². The number of aryl methyl sites for hydroxylation is 1. The molecule has 174 valence electrons. The van der Waals surface area contributed by atoms with Crippen molar-refractivity contribution in [3.8, 4) is 17.2 Å². The molecule has 0 amide bonds. The summed E-state index contributed by atoms with van der Waals surface area (Å²) >= 11 is 0. The van der Waals surface area contributed by atoms with E-state index in [1.807, 2.05) is 18.2 Å². The van der Waals surface area contributed by atoms with Gasteiger partial charge in [-0.3, -0.25) is 9.69 Å². The van der Waals surface area contributed by atoms with Gasteiger partial charge in [-0.25, -0.2) is 0 Å². The van der Waals surface area contributed by atoms with Gasteiger partial charge in [-0.05, 0) is 61.9 Å². The lowest BCUT2D eigenvalue weighted by Gasteiger charge is -2.34. The SMILES string of the molecule is COc1cc(CCCOC(=O)[C@@H]2CCCCN2CCc2ccccc2)cc(OC)c1OC. The van der Waals surface area contributed by atoms with Gasteiger partial charge < -0.3 is 18.9 Å². The average Bonchev–Trinajstić information content (AvgIpc) is 2.85. The molecule has 2 aromatic carbocycles. The molecule has 1 aliphatic heterocycles. The van der Waals surface area contributed by atoms with Gasteiger partial charge in [0.05, 0.1) is 27.9 Å². The molecule has 3 rings (SSSR count). The van der Waals surface area contributed by atoms with Gasteiger partial charge in [0.2, 0.25) is 5.75 Å². The van der Waals surface area contributed by atoms with Crippen LogP contribution in [-0.2, 0) is 22.4 Å². The number of ether oxygens (including phenoxy) is 4. The van der Waals surface area contributed by atoms with Crippen molar-refractivity contribution in [1.29, 1.82) is 0 Å². The summed E-state index contributed by atoms with van der Waals surface area (Å²) in [6, 6.07) is 14.2. The number of carbonyl (C=O) groups excluding carboxylic acids is 1. The first-order valence-corrected chi connectivity index (χ1v) is 11.4. The fourth-order valence-electron chi connectivity index (χ4n) is 4.27. The molecule has 6 nitrogen and oxygen atoms in total. The van der Waals surface area contributed by atoms with Gasteiger partial charge >= 0.3 is 5.97 Å². The minimum Gasteiger partial charge on any atom is -0.493 e. The number of hydrogen-bond donors (Lipinski definition) is 0. The molecule has 0 unspecified atom stereocenters. The Bertz CT molecular complexity index is 830. The highest BCUT2D eigenvalue weighted by Crippen LogP contribution is 2.38. The second-order valence-electron chi connectivity index (χ2n) is 8.09. The summed E-state index contributed by atoms with van der Waals surface area (Å²) in [5.74, 6) is 1.76. The molecule has 0 spiro atoms. The van der Waals surface area contributed by atoms with E-state index in [0.29, 0.717) is 23.9 Å². The standard InChI is InChI=1S/C26H35NO5/c1-29-23-18-21(19-24(30-2)25(23)31-3)12-9-17-32-26(28)22-13-7-8-15-27(22)16-14-20-10-5-4-6-11-20/h4-6,10-11,18-19,22H,7-9,12-17H2,1-3H3/t22-/m0/s1. The second-order valence-corrected chi connectivity index (χ2v) is 8.09. The highest BCUT2D eigenvalue weighted by molar-refractivity contribution is 5.75. The van der Waals surface area contributed by atoms with Gasteiger partial charge in [-0.1, -0.05) is 36.8 Å². The van der Waals surface area contributed by atoms with Gasteiger partial charge in [-0.2, -0.15) is 0 Å². The molecule has 0 N–H and O–H groups in total. The van der Waals surface area contributed by atoms with Crippen LogP contribution >= 0.6 is 0 Å². The number of methoxy groups -OCH3 is 3. The van der Waals surface area contributed by atoms with Gasteiger partial charge in [0.15, 0.2) is 11.5 Å². The molecule has 2 aromatic rings. The van der Waals surface area contributed by atoms with Crippen LogP contribution in [0.3, 0.4) is 0 Å². The quantitative estimate of drug-likeness (QED) is 0.383. The number of benzene rings is 2. The molecule has 32 heavy (non-hydrogen) atoms. The van der Waals surface area contributed by atoms with Crippen molar-refractivity contribution >= 4 is 5.97 Å². The predicted molar refractivity (Wildman–Crippen MR) is 125 cm³/mol. The van der Waals surface area contributed by atoms with Crippen molar-refractivity contribution in [1.82, 2.24) is 4.90 Å². The Hall–Kier alpha value is -2.73. The van der Waals surface area contributed by atoms with Gasteiger partial charge in [0, 0.05) is 6.54 Å². The first-order chi connectivity index (χ1) is 15.7. The maximum atomic E-state index is 12.8. The maximum Gasteiger partial charge on any atom is 0.323 e. The largest absolute Gasteiger partial charge is 0.493 e. The fourth-order valence-corrected chi connectivity index (χ4v) is 4.27. The monoisotopic (exact) mass is 441 g/mol. The van der Waals surface area contributed by atoms with Gasteiger partial charge in [0.25, 0.3) is 0 Å². The molecule has 1 heterocycles. The number of rotatable bonds is 11. The highest BCUT2D eigenvalue weighted by atomic mass is 16.5. The van der Waals surface area contributed by atoms with Gasteiger partial charge in [-0.15, -0.1) is 0 Å². The zero-order valence-corrected chi connectivity index (χ0v) is 19.5. The van der Waals surface area contributed by atoms with E-state index in [2.05, 4.69) is 29.2 Å². The lowest BCUT2D eigenvalue weighted by Crippen LogP contribution is -2.46. The van der Waals surface area contributed by atoms with Crippen LogP contribution in [0.25, 0.3) is 0 Å². The van der Waals surface area contributed by atoms with E-state index in [4.69, 9.17) is 18.9 Å². The third-order valence-corrected chi connectivity index (χ3v) is 5.99. The van der Waals surface area contributed by atoms with Crippen molar-refractivity contribution < 1.29 is 23.7 Å². The van der Waals surface area contributed by atoms with Gasteiger partial charge in [0.1, 0.15) is 6.04 Å². The molecule has 0 aromatic heterocycles. The lowest BCUT2D eigenvalue weighted by molar-refractivity contribution is -0.151. The number of esters is 1. The zero-order chi connectivity index (χ0) is 22.8. The third kappa shape index (κ3) is 6.39. The van der Waals surface area contributed by atoms with E-state index in [1.165, 1.54) is 5.56 Å². The summed E-state index contributed by atoms with van der Waals surface area (Å²) in [6.07, 6.45) is 5.53. The van der Waals surface area contributed by atoms with Crippen molar-refractivity contribution in [3.05, 3.63) is 53.6 Å². The summed E-state index contributed by atoms with van der Waals surface area (Å²) in [5.41, 5.74) is 2.35. The molecule has 6 heteroatoms. The molecule has 1 fully saturated rings. The summed E-state index contributed by atoms with van der Waals surface area (Å²) < 4.78 is 21.9. The molecule has 1 saturated heterocycles. The van der Waals surface area contributed by atoms with E-state index < -0.39 is 0 Å². The summed E-state index contributed by atoms with van der Waals surface area (Å²) in [5, 5.41) is 0. The van der Waals surface area contributed by atoms with Crippen LogP contribution in [0.4, 0.5) is 0 Å². The third-order valence-electron chi connectivity index (χ3n) is 5.99. The number of likely N-dealkylation sites (tertiary alicyclic amines) is 1. The van der Waals surface area contributed by atoms with Crippen LogP contribution in [0, 0.1) is 0 Å². The van der Waals surface area contributed by atoms with Crippen LogP contribution in [0.15, 0.2) is 42.5 Å². The topological polar surface area (TPSA) is 57.2 Å². The fraction of sp³-hybridized carbons (Fsp3) is 0.500. The van der Waals surface area contributed by atoms with E-state index in [-0.39, 0.29) is 12.0 Å². The lowest BCUT2D eigenvalue weighted by atomic mass is 10.0. The molecular formula is C26H35NO5. The molecular weight excluding hydrogens is 406 g/mol. The number of hydrogen-bond acceptors (Lipinski definition) is 6. The first kappa shape index (κ1) is 23.9. The first-order valence-electron chi connectivity index (χ1n) is 11.4. The Morgan fingerprint density at radius 2 is 1.66 bits per heavy atom. The van der Waals surface area contributed by atoms with Crippen molar-refractivity contribution in [2.45, 2.75) is 44.6 Å². The highest BCUT2D eigenvalue weighted by Gasteiger charge is 2.29. The van der Waals surface area contributed by atoms with E-state index in [1.54, 1.807) is 21.3 Å². The Balaban J connectivity index is 1.49. The van der Waals surface area contributed by atoms with Crippen molar-refractivity contribution in [2.75, 3.05) is 41.0 Å². The molecule has 0 saturated carbocycles. The predicted octanol–water partition coefficient (Wildman–Crippen LogP) is 4.29. The number of carbonyl (C=O) groups is 1. The van der Waals surface area contributed by atoms with Crippen molar-refractivity contribution in [3.63, 3.8) is 0 Å². The van der Waals surface area contributed by atoms with Crippen molar-refractivity contribution in [2.24, 2.45) is 0 Å². The van der Waals surface area contributed by atoms with E-state index >= 15 is 0 Å². The van der Waals surface area contributed by atoms with Crippen LogP contribution in [0.2, 0.25) is 0 Å². The number of nitrogens with zero attached hydrogens (tertiary/aromatic N) is 1. The minimum atomic E-state index is -0.131. The normalized spacial score (nSPS) is 16.4. The van der Waals surface area contributed by atoms with E-state index in [0.717, 1.165) is 57.2 Å². The molecule has 0 radical (unpaired) electrons. The van der Waals surface area contributed by atoms with Crippen LogP contribution in [0.1, 0.15) is 36.8 Å².